The van der Waals surface area contributed by atoms with Crippen LogP contribution < -0.4 is 15.8 Å². The Morgan fingerprint density at radius 3 is 2.46 bits per heavy atom. The Morgan fingerprint density at radius 1 is 1.21 bits per heavy atom. The van der Waals surface area contributed by atoms with Crippen molar-refractivity contribution < 1.29 is 4.74 Å². The number of aliphatic imine (C=N–C) groups is 1. The highest BCUT2D eigenvalue weighted by atomic mass is 16.5. The van der Waals surface area contributed by atoms with E-state index in [4.69, 9.17) is 10.5 Å². The van der Waals surface area contributed by atoms with Crippen molar-refractivity contribution in [2.45, 2.75) is 39.2 Å². The Bertz CT molecular complexity index is 507. The zero-order chi connectivity index (χ0) is 17.4. The summed E-state index contributed by atoms with van der Waals surface area (Å²) in [4.78, 5) is 6.96. The van der Waals surface area contributed by atoms with E-state index in [0.717, 1.165) is 31.9 Å². The molecule has 1 aromatic carbocycles. The lowest BCUT2D eigenvalue weighted by Gasteiger charge is -2.35. The Hall–Kier alpha value is -1.75. The van der Waals surface area contributed by atoms with Crippen LogP contribution in [0.25, 0.3) is 0 Å². The summed E-state index contributed by atoms with van der Waals surface area (Å²) in [5.74, 6) is 1.95. The molecule has 1 unspecified atom stereocenters. The molecule has 2 rings (SSSR count). The molecule has 1 fully saturated rings. The second kappa shape index (κ2) is 9.52. The van der Waals surface area contributed by atoms with E-state index in [1.807, 2.05) is 12.1 Å². The molecule has 134 valence electrons. The van der Waals surface area contributed by atoms with Gasteiger partial charge in [0.25, 0.3) is 0 Å². The van der Waals surface area contributed by atoms with E-state index in [0.29, 0.717) is 17.9 Å². The van der Waals surface area contributed by atoms with Crippen molar-refractivity contribution in [3.05, 3.63) is 29.8 Å². The van der Waals surface area contributed by atoms with Crippen molar-refractivity contribution in [3.63, 3.8) is 0 Å². The van der Waals surface area contributed by atoms with Gasteiger partial charge in [0.1, 0.15) is 5.75 Å². The van der Waals surface area contributed by atoms with Crippen LogP contribution in [0.2, 0.25) is 0 Å². The molecular weight excluding hydrogens is 300 g/mol. The summed E-state index contributed by atoms with van der Waals surface area (Å²) in [6, 6.07) is 8.68. The van der Waals surface area contributed by atoms with Gasteiger partial charge in [-0.25, -0.2) is 0 Å². The quantitative estimate of drug-likeness (QED) is 0.595. The predicted molar refractivity (Wildman–Crippen MR) is 100 cm³/mol. The van der Waals surface area contributed by atoms with Gasteiger partial charge in [-0.05, 0) is 49.5 Å². The number of piperidine rings is 1. The number of methoxy groups -OCH3 is 1. The van der Waals surface area contributed by atoms with Crippen LogP contribution in [-0.2, 0) is 0 Å². The number of likely N-dealkylation sites (tertiary alicyclic amines) is 1. The van der Waals surface area contributed by atoms with Crippen molar-refractivity contribution in [1.29, 1.82) is 0 Å². The van der Waals surface area contributed by atoms with Crippen molar-refractivity contribution in [2.75, 3.05) is 33.3 Å². The second-order valence-corrected chi connectivity index (χ2v) is 6.89. The van der Waals surface area contributed by atoms with E-state index >= 15 is 0 Å². The average molecular weight is 332 g/mol. The van der Waals surface area contributed by atoms with Gasteiger partial charge in [-0.3, -0.25) is 9.89 Å². The fourth-order valence-corrected chi connectivity index (χ4v) is 3.05. The lowest BCUT2D eigenvalue weighted by molar-refractivity contribution is 0.164. The van der Waals surface area contributed by atoms with Gasteiger partial charge < -0.3 is 15.8 Å². The molecule has 0 amide bonds. The molecule has 0 spiro atoms. The van der Waals surface area contributed by atoms with Gasteiger partial charge in [0, 0.05) is 13.1 Å². The Balaban J connectivity index is 2.05. The summed E-state index contributed by atoms with van der Waals surface area (Å²) in [7, 11) is 1.70. The Kier molecular flexibility index (Phi) is 7.37. The summed E-state index contributed by atoms with van der Waals surface area (Å²) < 4.78 is 5.28. The third-order valence-electron chi connectivity index (χ3n) is 4.44. The number of rotatable bonds is 7. The molecule has 5 heteroatoms. The summed E-state index contributed by atoms with van der Waals surface area (Å²) in [6.45, 7) is 8.10. The zero-order valence-corrected chi connectivity index (χ0v) is 15.3. The maximum absolute atomic E-state index is 6.02. The molecule has 1 aromatic rings. The maximum atomic E-state index is 6.02. The minimum atomic E-state index is 0.309. The first kappa shape index (κ1) is 18.6. The summed E-state index contributed by atoms with van der Waals surface area (Å²) in [5.41, 5.74) is 7.32. The summed E-state index contributed by atoms with van der Waals surface area (Å²) in [6.07, 6.45) is 3.87. The zero-order valence-electron chi connectivity index (χ0n) is 15.3. The molecule has 24 heavy (non-hydrogen) atoms. The number of nitrogens with one attached hydrogen (secondary N) is 1. The van der Waals surface area contributed by atoms with Crippen LogP contribution in [0.15, 0.2) is 29.3 Å². The van der Waals surface area contributed by atoms with Crippen molar-refractivity contribution >= 4 is 5.96 Å². The third-order valence-corrected chi connectivity index (χ3v) is 4.44. The van der Waals surface area contributed by atoms with Gasteiger partial charge >= 0.3 is 0 Å². The van der Waals surface area contributed by atoms with Crippen LogP contribution in [0.5, 0.6) is 5.75 Å². The van der Waals surface area contributed by atoms with Crippen molar-refractivity contribution in [2.24, 2.45) is 16.6 Å². The SMILES string of the molecule is COc1ccc(C(CNC(N)=NCC(C)C)N2CCCCC2)cc1. The first-order valence-electron chi connectivity index (χ1n) is 9.02. The van der Waals surface area contributed by atoms with Crippen LogP contribution in [0.3, 0.4) is 0 Å². The number of nitrogens with two attached hydrogens (primary N) is 1. The lowest BCUT2D eigenvalue weighted by Crippen LogP contribution is -2.42. The molecule has 0 bridgehead atoms. The second-order valence-electron chi connectivity index (χ2n) is 6.89. The molecule has 1 heterocycles. The number of nitrogens with zero attached hydrogens (tertiary/aromatic N) is 2. The largest absolute Gasteiger partial charge is 0.497 e. The van der Waals surface area contributed by atoms with Crippen molar-refractivity contribution in [1.82, 2.24) is 10.2 Å². The monoisotopic (exact) mass is 332 g/mol. The highest BCUT2D eigenvalue weighted by Crippen LogP contribution is 2.25. The predicted octanol–water partition coefficient (Wildman–Crippen LogP) is 2.78. The molecule has 0 aliphatic carbocycles. The maximum Gasteiger partial charge on any atom is 0.188 e. The van der Waals surface area contributed by atoms with Crippen LogP contribution in [-0.4, -0.2) is 44.1 Å². The smallest absolute Gasteiger partial charge is 0.188 e. The first-order valence-corrected chi connectivity index (χ1v) is 9.02. The Labute approximate surface area is 146 Å². The van der Waals surface area contributed by atoms with E-state index < -0.39 is 0 Å². The highest BCUT2D eigenvalue weighted by molar-refractivity contribution is 5.77. The average Bonchev–Trinajstić information content (AvgIpc) is 2.61. The number of hydrogen-bond acceptors (Lipinski definition) is 3. The standard InChI is InChI=1S/C19H32N4O/c1-15(2)13-21-19(20)22-14-18(23-11-5-4-6-12-23)16-7-9-17(24-3)10-8-16/h7-10,15,18H,4-6,11-14H2,1-3H3,(H3,20,21,22). The lowest BCUT2D eigenvalue weighted by atomic mass is 10.0. The molecule has 0 aromatic heterocycles. The van der Waals surface area contributed by atoms with Crippen molar-refractivity contribution in [3.8, 4) is 5.75 Å². The van der Waals surface area contributed by atoms with E-state index in [2.05, 4.69) is 41.2 Å². The van der Waals surface area contributed by atoms with Crippen LogP contribution in [0.4, 0.5) is 0 Å². The summed E-state index contributed by atoms with van der Waals surface area (Å²) >= 11 is 0. The molecule has 1 saturated heterocycles. The number of hydrogen-bond donors (Lipinski definition) is 2. The van der Waals surface area contributed by atoms with E-state index in [1.54, 1.807) is 7.11 Å². The van der Waals surface area contributed by atoms with Gasteiger partial charge in [-0.1, -0.05) is 32.4 Å². The molecule has 3 N–H and O–H groups in total. The van der Waals surface area contributed by atoms with Gasteiger partial charge in [0.15, 0.2) is 5.96 Å². The first-order chi connectivity index (χ1) is 11.6. The van der Waals surface area contributed by atoms with Crippen LogP contribution in [0.1, 0.15) is 44.7 Å². The molecule has 0 saturated carbocycles. The van der Waals surface area contributed by atoms with Crippen LogP contribution >= 0.6 is 0 Å². The minimum absolute atomic E-state index is 0.309. The van der Waals surface area contributed by atoms with E-state index in [1.165, 1.54) is 24.8 Å². The molecule has 1 aliphatic heterocycles. The van der Waals surface area contributed by atoms with Crippen LogP contribution in [0, 0.1) is 5.92 Å². The highest BCUT2D eigenvalue weighted by Gasteiger charge is 2.22. The number of ether oxygens (including phenoxy) is 1. The normalized spacial score (nSPS) is 17.8. The van der Waals surface area contributed by atoms with E-state index in [9.17, 15) is 0 Å². The minimum Gasteiger partial charge on any atom is -0.497 e. The molecular formula is C19H32N4O. The fraction of sp³-hybridized carbons (Fsp3) is 0.632. The number of benzene rings is 1. The van der Waals surface area contributed by atoms with Gasteiger partial charge in [0.2, 0.25) is 0 Å². The Morgan fingerprint density at radius 2 is 1.88 bits per heavy atom. The number of guanidine groups is 1. The van der Waals surface area contributed by atoms with Gasteiger partial charge in [-0.2, -0.15) is 0 Å². The summed E-state index contributed by atoms with van der Waals surface area (Å²) in [5, 5.41) is 3.32. The molecule has 5 nitrogen and oxygen atoms in total. The van der Waals surface area contributed by atoms with Gasteiger partial charge in [-0.15, -0.1) is 0 Å². The third kappa shape index (κ3) is 5.71. The van der Waals surface area contributed by atoms with Gasteiger partial charge in [0.05, 0.1) is 13.2 Å². The molecule has 0 radical (unpaired) electrons. The fourth-order valence-electron chi connectivity index (χ4n) is 3.05. The molecule has 1 atom stereocenters. The molecule has 1 aliphatic rings. The topological polar surface area (TPSA) is 62.9 Å². The van der Waals surface area contributed by atoms with E-state index in [-0.39, 0.29) is 0 Å².